The van der Waals surface area contributed by atoms with E-state index in [-0.39, 0.29) is 11.8 Å². The highest BCUT2D eigenvalue weighted by molar-refractivity contribution is 7.91. The van der Waals surface area contributed by atoms with Crippen molar-refractivity contribution < 1.29 is 8.42 Å². The molecule has 19 heavy (non-hydrogen) atoms. The zero-order valence-corrected chi connectivity index (χ0v) is 12.2. The molecule has 0 bridgehead atoms. The molecule has 0 spiro atoms. The summed E-state index contributed by atoms with van der Waals surface area (Å²) in [4.78, 5) is 2.61. The van der Waals surface area contributed by atoms with Crippen LogP contribution in [-0.2, 0) is 9.84 Å². The first-order chi connectivity index (χ1) is 9.04. The number of benzene rings is 1. The lowest BCUT2D eigenvalue weighted by Crippen LogP contribution is -2.40. The van der Waals surface area contributed by atoms with Gasteiger partial charge in [0.15, 0.2) is 9.84 Å². The molecule has 1 aromatic carbocycles. The molecule has 0 radical (unpaired) electrons. The molecule has 0 aliphatic carbocycles. The molecule has 1 saturated heterocycles. The van der Waals surface area contributed by atoms with Crippen LogP contribution in [0.3, 0.4) is 0 Å². The Bertz CT molecular complexity index is 520. The SMILES string of the molecule is CCCS(=O)(=O)c1ccccc1N1CCC(N)CC1. The quantitative estimate of drug-likeness (QED) is 0.914. The van der Waals surface area contributed by atoms with Gasteiger partial charge in [-0.2, -0.15) is 0 Å². The molecular formula is C14H22N2O2S. The Hall–Kier alpha value is -1.07. The monoisotopic (exact) mass is 282 g/mol. The number of anilines is 1. The molecule has 1 aromatic rings. The molecule has 1 heterocycles. The third-order valence-corrected chi connectivity index (χ3v) is 5.51. The van der Waals surface area contributed by atoms with Crippen LogP contribution in [-0.4, -0.2) is 33.3 Å². The van der Waals surface area contributed by atoms with Crippen LogP contribution in [0.25, 0.3) is 0 Å². The summed E-state index contributed by atoms with van der Waals surface area (Å²) in [7, 11) is -3.18. The van der Waals surface area contributed by atoms with Crippen LogP contribution < -0.4 is 10.6 Å². The molecule has 1 aliphatic rings. The fraction of sp³-hybridized carbons (Fsp3) is 0.571. The topological polar surface area (TPSA) is 63.4 Å². The van der Waals surface area contributed by atoms with Gasteiger partial charge in [-0.05, 0) is 31.4 Å². The van der Waals surface area contributed by atoms with Crippen LogP contribution in [0.15, 0.2) is 29.2 Å². The zero-order chi connectivity index (χ0) is 13.9. The normalized spacial score (nSPS) is 17.7. The maximum Gasteiger partial charge on any atom is 0.180 e. The lowest BCUT2D eigenvalue weighted by atomic mass is 10.1. The molecule has 5 heteroatoms. The fourth-order valence-corrected chi connectivity index (χ4v) is 4.06. The number of hydrogen-bond acceptors (Lipinski definition) is 4. The highest BCUT2D eigenvalue weighted by atomic mass is 32.2. The molecule has 1 aliphatic heterocycles. The molecule has 0 amide bonds. The Morgan fingerprint density at radius 3 is 2.53 bits per heavy atom. The van der Waals surface area contributed by atoms with Crippen molar-refractivity contribution in [1.82, 2.24) is 0 Å². The predicted octanol–water partition coefficient (Wildman–Crippen LogP) is 1.80. The number of para-hydroxylation sites is 1. The van der Waals surface area contributed by atoms with Gasteiger partial charge in [-0.3, -0.25) is 0 Å². The summed E-state index contributed by atoms with van der Waals surface area (Å²) in [6.07, 6.45) is 2.48. The first kappa shape index (κ1) is 14.3. The van der Waals surface area contributed by atoms with Gasteiger partial charge in [-0.15, -0.1) is 0 Å². The zero-order valence-electron chi connectivity index (χ0n) is 11.4. The van der Waals surface area contributed by atoms with Crippen LogP contribution in [0, 0.1) is 0 Å². The van der Waals surface area contributed by atoms with Gasteiger partial charge in [-0.1, -0.05) is 19.1 Å². The maximum absolute atomic E-state index is 12.3. The number of piperidine rings is 1. The molecule has 2 N–H and O–H groups in total. The second kappa shape index (κ2) is 5.92. The molecule has 0 atom stereocenters. The van der Waals surface area contributed by atoms with Crippen molar-refractivity contribution in [3.63, 3.8) is 0 Å². The minimum absolute atomic E-state index is 0.206. The predicted molar refractivity (Wildman–Crippen MR) is 78.2 cm³/mol. The molecule has 0 unspecified atom stereocenters. The van der Waals surface area contributed by atoms with E-state index >= 15 is 0 Å². The van der Waals surface area contributed by atoms with Gasteiger partial charge >= 0.3 is 0 Å². The summed E-state index contributed by atoms with van der Waals surface area (Å²) in [5.41, 5.74) is 6.74. The second-order valence-corrected chi connectivity index (χ2v) is 7.19. The van der Waals surface area contributed by atoms with E-state index in [4.69, 9.17) is 5.73 Å². The Kier molecular flexibility index (Phi) is 4.47. The van der Waals surface area contributed by atoms with Gasteiger partial charge in [0.1, 0.15) is 0 Å². The number of nitrogens with two attached hydrogens (primary N) is 1. The molecule has 0 aromatic heterocycles. The van der Waals surface area contributed by atoms with E-state index in [1.54, 1.807) is 12.1 Å². The smallest absolute Gasteiger partial charge is 0.180 e. The van der Waals surface area contributed by atoms with Crippen LogP contribution in [0.2, 0.25) is 0 Å². The number of nitrogens with zero attached hydrogens (tertiary/aromatic N) is 1. The molecule has 106 valence electrons. The van der Waals surface area contributed by atoms with Gasteiger partial charge in [0.2, 0.25) is 0 Å². The van der Waals surface area contributed by atoms with Crippen molar-refractivity contribution in [3.05, 3.63) is 24.3 Å². The molecule has 1 fully saturated rings. The Morgan fingerprint density at radius 2 is 1.89 bits per heavy atom. The fourth-order valence-electron chi connectivity index (χ4n) is 2.50. The van der Waals surface area contributed by atoms with Gasteiger partial charge in [0.25, 0.3) is 0 Å². The molecule has 0 saturated carbocycles. The lowest BCUT2D eigenvalue weighted by Gasteiger charge is -2.33. The summed E-state index contributed by atoms with van der Waals surface area (Å²) >= 11 is 0. The summed E-state index contributed by atoms with van der Waals surface area (Å²) < 4.78 is 24.6. The van der Waals surface area contributed by atoms with E-state index in [1.165, 1.54) is 0 Å². The first-order valence-electron chi connectivity index (χ1n) is 6.87. The van der Waals surface area contributed by atoms with E-state index in [1.807, 2.05) is 19.1 Å². The van der Waals surface area contributed by atoms with Gasteiger partial charge in [0.05, 0.1) is 16.3 Å². The van der Waals surface area contributed by atoms with Gasteiger partial charge < -0.3 is 10.6 Å². The Balaban J connectivity index is 2.31. The largest absolute Gasteiger partial charge is 0.370 e. The van der Waals surface area contributed by atoms with Crippen LogP contribution in [0.1, 0.15) is 26.2 Å². The van der Waals surface area contributed by atoms with Crippen LogP contribution in [0.5, 0.6) is 0 Å². The van der Waals surface area contributed by atoms with Crippen LogP contribution >= 0.6 is 0 Å². The Morgan fingerprint density at radius 1 is 1.26 bits per heavy atom. The van der Waals surface area contributed by atoms with Crippen molar-refractivity contribution in [2.45, 2.75) is 37.1 Å². The number of rotatable bonds is 4. The first-order valence-corrected chi connectivity index (χ1v) is 8.52. The molecule has 2 rings (SSSR count). The van der Waals surface area contributed by atoms with Crippen molar-refractivity contribution >= 4 is 15.5 Å². The highest BCUT2D eigenvalue weighted by Crippen LogP contribution is 2.28. The standard InChI is InChI=1S/C14H22N2O2S/c1-2-11-19(17,18)14-6-4-3-5-13(14)16-9-7-12(15)8-10-16/h3-6,12H,2,7-11,15H2,1H3. The molecular weight excluding hydrogens is 260 g/mol. The van der Waals surface area contributed by atoms with E-state index < -0.39 is 9.84 Å². The van der Waals surface area contributed by atoms with E-state index in [0.29, 0.717) is 11.3 Å². The summed E-state index contributed by atoms with van der Waals surface area (Å²) in [6.45, 7) is 3.56. The van der Waals surface area contributed by atoms with Gasteiger partial charge in [-0.25, -0.2) is 8.42 Å². The van der Waals surface area contributed by atoms with Gasteiger partial charge in [0, 0.05) is 19.1 Å². The average Bonchev–Trinajstić information content (AvgIpc) is 2.39. The minimum Gasteiger partial charge on any atom is -0.370 e. The van der Waals surface area contributed by atoms with E-state index in [0.717, 1.165) is 31.6 Å². The van der Waals surface area contributed by atoms with Crippen molar-refractivity contribution in [3.8, 4) is 0 Å². The highest BCUT2D eigenvalue weighted by Gasteiger charge is 2.23. The number of sulfone groups is 1. The van der Waals surface area contributed by atoms with E-state index in [9.17, 15) is 8.42 Å². The minimum atomic E-state index is -3.18. The van der Waals surface area contributed by atoms with Crippen molar-refractivity contribution in [2.75, 3.05) is 23.7 Å². The maximum atomic E-state index is 12.3. The summed E-state index contributed by atoms with van der Waals surface area (Å²) in [6, 6.07) is 7.56. The molecule has 4 nitrogen and oxygen atoms in total. The van der Waals surface area contributed by atoms with E-state index in [2.05, 4.69) is 4.90 Å². The third kappa shape index (κ3) is 3.28. The van der Waals surface area contributed by atoms with Crippen molar-refractivity contribution in [1.29, 1.82) is 0 Å². The number of hydrogen-bond donors (Lipinski definition) is 1. The lowest BCUT2D eigenvalue weighted by molar-refractivity contribution is 0.499. The summed E-state index contributed by atoms with van der Waals surface area (Å²) in [5, 5.41) is 0. The van der Waals surface area contributed by atoms with Crippen molar-refractivity contribution in [2.24, 2.45) is 5.73 Å². The summed E-state index contributed by atoms with van der Waals surface area (Å²) in [5.74, 6) is 0.206. The average molecular weight is 282 g/mol. The second-order valence-electron chi connectivity index (χ2n) is 5.11. The van der Waals surface area contributed by atoms with Crippen LogP contribution in [0.4, 0.5) is 5.69 Å². The third-order valence-electron chi connectivity index (χ3n) is 3.55. The Labute approximate surface area is 115 Å².